The van der Waals surface area contributed by atoms with Crippen molar-refractivity contribution in [1.29, 1.82) is 0 Å². The zero-order valence-electron chi connectivity index (χ0n) is 11.3. The van der Waals surface area contributed by atoms with E-state index in [1.54, 1.807) is 24.3 Å². The molecule has 0 spiro atoms. The number of rotatable bonds is 6. The van der Waals surface area contributed by atoms with E-state index in [-0.39, 0.29) is 11.9 Å². The molecular weight excluding hydrogens is 256 g/mol. The number of primary amides is 1. The van der Waals surface area contributed by atoms with Crippen LogP contribution in [0.5, 0.6) is 0 Å². The molecule has 6 N–H and O–H groups in total. The van der Waals surface area contributed by atoms with Crippen molar-refractivity contribution in [3.05, 3.63) is 35.4 Å². The molecule has 1 aliphatic rings. The van der Waals surface area contributed by atoms with Crippen molar-refractivity contribution in [3.63, 3.8) is 0 Å². The Bertz CT molecular complexity index is 482. The van der Waals surface area contributed by atoms with Gasteiger partial charge >= 0.3 is 6.03 Å². The maximum atomic E-state index is 12.1. The smallest absolute Gasteiger partial charge is 0.312 e. The Kier molecular flexibility index (Phi) is 4.57. The minimum absolute atomic E-state index is 0.0682. The van der Waals surface area contributed by atoms with Gasteiger partial charge in [0.05, 0.1) is 0 Å². The summed E-state index contributed by atoms with van der Waals surface area (Å²) in [6.07, 6.45) is 2.28. The Hall–Kier alpha value is -2.08. The summed E-state index contributed by atoms with van der Waals surface area (Å²) in [5.41, 5.74) is 12.1. The molecule has 1 saturated carbocycles. The maximum Gasteiger partial charge on any atom is 0.312 e. The topological polar surface area (TPSA) is 110 Å². The lowest BCUT2D eigenvalue weighted by Gasteiger charge is -2.16. The average Bonchev–Trinajstić information content (AvgIpc) is 3.27. The summed E-state index contributed by atoms with van der Waals surface area (Å²) in [6.45, 7) is 0.821. The number of hydrogen-bond acceptors (Lipinski definition) is 3. The minimum Gasteiger partial charge on any atom is -0.352 e. The monoisotopic (exact) mass is 276 g/mol. The van der Waals surface area contributed by atoms with E-state index in [4.69, 9.17) is 11.5 Å². The van der Waals surface area contributed by atoms with Gasteiger partial charge in [-0.15, -0.1) is 0 Å². The first-order chi connectivity index (χ1) is 9.60. The van der Waals surface area contributed by atoms with Crippen molar-refractivity contribution < 1.29 is 9.59 Å². The summed E-state index contributed by atoms with van der Waals surface area (Å²) in [4.78, 5) is 22.7. The SMILES string of the molecule is NCC(NC(=O)c1ccc(CNC(N)=O)cc1)C1CC1. The Labute approximate surface area is 117 Å². The molecule has 0 heterocycles. The molecule has 1 aromatic carbocycles. The normalized spacial score (nSPS) is 15.4. The molecule has 0 saturated heterocycles. The van der Waals surface area contributed by atoms with E-state index in [1.807, 2.05) is 0 Å². The molecule has 0 bridgehead atoms. The lowest BCUT2D eigenvalue weighted by molar-refractivity contribution is 0.0933. The number of nitrogens with two attached hydrogens (primary N) is 2. The second kappa shape index (κ2) is 6.38. The predicted molar refractivity (Wildman–Crippen MR) is 75.9 cm³/mol. The lowest BCUT2D eigenvalue weighted by Crippen LogP contribution is -2.41. The first-order valence-corrected chi connectivity index (χ1v) is 6.73. The van der Waals surface area contributed by atoms with E-state index < -0.39 is 6.03 Å². The van der Waals surface area contributed by atoms with Gasteiger partial charge in [-0.05, 0) is 36.5 Å². The summed E-state index contributed by atoms with van der Waals surface area (Å²) in [6, 6.07) is 6.54. The number of urea groups is 1. The van der Waals surface area contributed by atoms with Gasteiger partial charge in [0.1, 0.15) is 0 Å². The summed E-state index contributed by atoms with van der Waals surface area (Å²) >= 11 is 0. The van der Waals surface area contributed by atoms with Gasteiger partial charge in [0, 0.05) is 24.7 Å². The third-order valence-corrected chi connectivity index (χ3v) is 3.44. The van der Waals surface area contributed by atoms with Gasteiger partial charge in [0.15, 0.2) is 0 Å². The van der Waals surface area contributed by atoms with E-state index in [2.05, 4.69) is 10.6 Å². The van der Waals surface area contributed by atoms with Gasteiger partial charge in [-0.2, -0.15) is 0 Å². The molecule has 6 heteroatoms. The second-order valence-electron chi connectivity index (χ2n) is 5.07. The second-order valence-corrected chi connectivity index (χ2v) is 5.07. The molecule has 2 rings (SSSR count). The Morgan fingerprint density at radius 3 is 2.40 bits per heavy atom. The van der Waals surface area contributed by atoms with Crippen molar-refractivity contribution >= 4 is 11.9 Å². The Balaban J connectivity index is 1.91. The number of nitrogens with one attached hydrogen (secondary N) is 2. The minimum atomic E-state index is -0.568. The average molecular weight is 276 g/mol. The maximum absolute atomic E-state index is 12.1. The van der Waals surface area contributed by atoms with Crippen LogP contribution >= 0.6 is 0 Å². The van der Waals surface area contributed by atoms with Crippen LogP contribution in [0.2, 0.25) is 0 Å². The molecule has 1 unspecified atom stereocenters. The van der Waals surface area contributed by atoms with Crippen LogP contribution in [0.3, 0.4) is 0 Å². The number of amides is 3. The van der Waals surface area contributed by atoms with Crippen LogP contribution in [0.4, 0.5) is 4.79 Å². The van der Waals surface area contributed by atoms with Crippen molar-refractivity contribution in [3.8, 4) is 0 Å². The molecule has 0 aliphatic heterocycles. The fraction of sp³-hybridized carbons (Fsp3) is 0.429. The highest BCUT2D eigenvalue weighted by atomic mass is 16.2. The van der Waals surface area contributed by atoms with Crippen molar-refractivity contribution in [2.75, 3.05) is 6.54 Å². The molecule has 0 radical (unpaired) electrons. The van der Waals surface area contributed by atoms with Gasteiger partial charge in [0.2, 0.25) is 0 Å². The predicted octanol–water partition coefficient (Wildman–Crippen LogP) is 0.322. The molecule has 20 heavy (non-hydrogen) atoms. The summed E-state index contributed by atoms with van der Waals surface area (Å²) in [5, 5.41) is 5.46. The third-order valence-electron chi connectivity index (χ3n) is 3.44. The molecule has 1 aromatic rings. The fourth-order valence-electron chi connectivity index (χ4n) is 2.08. The van der Waals surface area contributed by atoms with Crippen LogP contribution in [-0.2, 0) is 6.54 Å². The standard InChI is InChI=1S/C14H20N4O2/c15-7-12(10-5-6-10)18-13(19)11-3-1-9(2-4-11)8-17-14(16)20/h1-4,10,12H,5-8,15H2,(H,18,19)(H3,16,17,20). The van der Waals surface area contributed by atoms with E-state index >= 15 is 0 Å². The van der Waals surface area contributed by atoms with Crippen LogP contribution in [-0.4, -0.2) is 24.5 Å². The molecular formula is C14H20N4O2. The highest BCUT2D eigenvalue weighted by molar-refractivity contribution is 5.94. The molecule has 1 fully saturated rings. The highest BCUT2D eigenvalue weighted by Crippen LogP contribution is 2.32. The molecule has 3 amide bonds. The third kappa shape index (κ3) is 3.96. The van der Waals surface area contributed by atoms with E-state index in [0.717, 1.165) is 18.4 Å². The van der Waals surface area contributed by atoms with Crippen LogP contribution in [0, 0.1) is 5.92 Å². The number of benzene rings is 1. The van der Waals surface area contributed by atoms with Gasteiger partial charge in [-0.25, -0.2) is 4.79 Å². The largest absolute Gasteiger partial charge is 0.352 e. The van der Waals surface area contributed by atoms with Crippen LogP contribution in [0.25, 0.3) is 0 Å². The number of carbonyl (C=O) groups is 2. The zero-order chi connectivity index (χ0) is 14.5. The summed E-state index contributed by atoms with van der Waals surface area (Å²) in [7, 11) is 0. The summed E-state index contributed by atoms with van der Waals surface area (Å²) in [5.74, 6) is 0.421. The van der Waals surface area contributed by atoms with Crippen LogP contribution < -0.4 is 22.1 Å². The highest BCUT2D eigenvalue weighted by Gasteiger charge is 2.31. The Morgan fingerprint density at radius 2 is 1.90 bits per heavy atom. The number of hydrogen-bond donors (Lipinski definition) is 4. The molecule has 1 atom stereocenters. The fourth-order valence-corrected chi connectivity index (χ4v) is 2.08. The molecule has 108 valence electrons. The summed E-state index contributed by atoms with van der Waals surface area (Å²) < 4.78 is 0. The van der Waals surface area contributed by atoms with Gasteiger partial charge in [-0.3, -0.25) is 4.79 Å². The number of carbonyl (C=O) groups excluding carboxylic acids is 2. The van der Waals surface area contributed by atoms with Crippen LogP contribution in [0.1, 0.15) is 28.8 Å². The van der Waals surface area contributed by atoms with Crippen molar-refractivity contribution in [2.45, 2.75) is 25.4 Å². The quantitative estimate of drug-likeness (QED) is 0.600. The van der Waals surface area contributed by atoms with Gasteiger partial charge in [-0.1, -0.05) is 12.1 Å². The first-order valence-electron chi connectivity index (χ1n) is 6.73. The van der Waals surface area contributed by atoms with Gasteiger partial charge in [0.25, 0.3) is 5.91 Å². The first kappa shape index (κ1) is 14.3. The lowest BCUT2D eigenvalue weighted by atomic mass is 10.1. The van der Waals surface area contributed by atoms with E-state index in [1.165, 1.54) is 0 Å². The van der Waals surface area contributed by atoms with Crippen molar-refractivity contribution in [1.82, 2.24) is 10.6 Å². The molecule has 6 nitrogen and oxygen atoms in total. The van der Waals surface area contributed by atoms with E-state index in [9.17, 15) is 9.59 Å². The van der Waals surface area contributed by atoms with Gasteiger partial charge < -0.3 is 22.1 Å². The molecule has 1 aliphatic carbocycles. The van der Waals surface area contributed by atoms with Crippen molar-refractivity contribution in [2.24, 2.45) is 17.4 Å². The van der Waals surface area contributed by atoms with Crippen LogP contribution in [0.15, 0.2) is 24.3 Å². The zero-order valence-corrected chi connectivity index (χ0v) is 11.3. The molecule has 0 aromatic heterocycles. The Morgan fingerprint density at radius 1 is 1.25 bits per heavy atom. The van der Waals surface area contributed by atoms with E-state index in [0.29, 0.717) is 24.6 Å².